The lowest BCUT2D eigenvalue weighted by Gasteiger charge is -2.03. The van der Waals surface area contributed by atoms with E-state index >= 15 is 0 Å². The third-order valence-corrected chi connectivity index (χ3v) is 4.10. The molecule has 19 heavy (non-hydrogen) atoms. The van der Waals surface area contributed by atoms with E-state index in [1.807, 2.05) is 0 Å². The summed E-state index contributed by atoms with van der Waals surface area (Å²) in [4.78, 5) is 4.04. The van der Waals surface area contributed by atoms with Gasteiger partial charge in [0.05, 0.1) is 11.5 Å². The summed E-state index contributed by atoms with van der Waals surface area (Å²) in [6.45, 7) is 0.0188. The van der Waals surface area contributed by atoms with Crippen molar-refractivity contribution in [1.29, 1.82) is 0 Å². The molecule has 0 fully saturated rings. The van der Waals surface area contributed by atoms with E-state index in [9.17, 15) is 8.42 Å². The van der Waals surface area contributed by atoms with E-state index in [1.54, 1.807) is 11.6 Å². The Hall–Kier alpha value is -1.71. The van der Waals surface area contributed by atoms with Gasteiger partial charge in [-0.05, 0) is 6.07 Å². The minimum atomic E-state index is -3.57. The van der Waals surface area contributed by atoms with E-state index in [0.717, 1.165) is 0 Å². The number of sulfonamides is 1. The molecule has 0 bridgehead atoms. The van der Waals surface area contributed by atoms with Crippen LogP contribution in [0, 0.1) is 0 Å². The number of rotatable bonds is 6. The Balaban J connectivity index is 2.01. The van der Waals surface area contributed by atoms with Crippen molar-refractivity contribution in [2.45, 2.75) is 17.9 Å². The minimum Gasteiger partial charge on any atom is -0.390 e. The number of aliphatic hydroxyl groups is 1. The Bertz CT molecular complexity index is 632. The summed E-state index contributed by atoms with van der Waals surface area (Å²) in [7, 11) is -1.89. The first kappa shape index (κ1) is 13.7. The fraction of sp³-hybridized carbons (Fsp3) is 0.400. The van der Waals surface area contributed by atoms with Crippen LogP contribution >= 0.6 is 0 Å². The van der Waals surface area contributed by atoms with Crippen LogP contribution < -0.4 is 4.72 Å². The zero-order valence-corrected chi connectivity index (χ0v) is 11.2. The zero-order valence-electron chi connectivity index (χ0n) is 10.4. The van der Waals surface area contributed by atoms with Crippen molar-refractivity contribution in [2.75, 3.05) is 6.54 Å². The monoisotopic (exact) mass is 285 g/mol. The van der Waals surface area contributed by atoms with Gasteiger partial charge in [-0.1, -0.05) is 0 Å². The highest BCUT2D eigenvalue weighted by Crippen LogP contribution is 2.13. The maximum absolute atomic E-state index is 12.0. The maximum Gasteiger partial charge on any atom is 0.242 e. The van der Waals surface area contributed by atoms with Crippen LogP contribution in [0.4, 0.5) is 0 Å². The van der Waals surface area contributed by atoms with Crippen LogP contribution in [0.25, 0.3) is 0 Å². The van der Waals surface area contributed by atoms with Gasteiger partial charge < -0.3 is 9.67 Å². The topological polar surface area (TPSA) is 113 Å². The Morgan fingerprint density at radius 3 is 2.89 bits per heavy atom. The highest BCUT2D eigenvalue weighted by atomic mass is 32.2. The average molecular weight is 285 g/mol. The van der Waals surface area contributed by atoms with Crippen LogP contribution in [0.5, 0.6) is 0 Å². The third-order valence-electron chi connectivity index (χ3n) is 2.67. The van der Waals surface area contributed by atoms with Gasteiger partial charge in [0.2, 0.25) is 10.0 Å². The van der Waals surface area contributed by atoms with Gasteiger partial charge in [-0.2, -0.15) is 5.10 Å². The number of hydrogen-bond acceptors (Lipinski definition) is 5. The molecular weight excluding hydrogens is 270 g/mol. The largest absolute Gasteiger partial charge is 0.390 e. The first-order valence-electron chi connectivity index (χ1n) is 5.63. The van der Waals surface area contributed by atoms with E-state index in [-0.39, 0.29) is 18.0 Å². The molecule has 0 atom stereocenters. The summed E-state index contributed by atoms with van der Waals surface area (Å²) < 4.78 is 28.0. The molecule has 8 nitrogen and oxygen atoms in total. The fourth-order valence-corrected chi connectivity index (χ4v) is 2.75. The third kappa shape index (κ3) is 3.19. The highest BCUT2D eigenvalue weighted by Gasteiger charge is 2.16. The second-order valence-corrected chi connectivity index (χ2v) is 5.78. The smallest absolute Gasteiger partial charge is 0.242 e. The summed E-state index contributed by atoms with van der Waals surface area (Å²) in [5, 5.41) is 15.4. The quantitative estimate of drug-likeness (QED) is 0.640. The molecular formula is C10H15N5O3S. The Labute approximate surface area is 110 Å². The lowest BCUT2D eigenvalue weighted by Crippen LogP contribution is -2.26. The molecule has 0 spiro atoms. The van der Waals surface area contributed by atoms with E-state index in [4.69, 9.17) is 5.11 Å². The number of hydrogen-bond donors (Lipinski definition) is 3. The number of aliphatic hydroxyl groups excluding tert-OH is 1. The van der Waals surface area contributed by atoms with Gasteiger partial charge in [-0.3, -0.25) is 5.10 Å². The Morgan fingerprint density at radius 1 is 1.53 bits per heavy atom. The SMILES string of the molecule is Cn1cc(S(=O)(=O)NCCc2ncn[nH]2)cc1CO. The molecule has 0 amide bonds. The Kier molecular flexibility index (Phi) is 3.98. The van der Waals surface area contributed by atoms with Gasteiger partial charge >= 0.3 is 0 Å². The van der Waals surface area contributed by atoms with E-state index < -0.39 is 10.0 Å². The molecule has 0 aliphatic heterocycles. The molecule has 2 heterocycles. The van der Waals surface area contributed by atoms with Crippen LogP contribution in [0.1, 0.15) is 11.5 Å². The highest BCUT2D eigenvalue weighted by molar-refractivity contribution is 7.89. The molecule has 0 aromatic carbocycles. The normalized spacial score (nSPS) is 11.9. The van der Waals surface area contributed by atoms with E-state index in [1.165, 1.54) is 18.6 Å². The molecule has 3 N–H and O–H groups in total. The molecule has 0 radical (unpaired) electrons. The molecule has 9 heteroatoms. The fourth-order valence-electron chi connectivity index (χ4n) is 1.62. The number of aryl methyl sites for hydroxylation is 1. The summed E-state index contributed by atoms with van der Waals surface area (Å²) in [6.07, 6.45) is 3.26. The van der Waals surface area contributed by atoms with Crippen molar-refractivity contribution < 1.29 is 13.5 Å². The van der Waals surface area contributed by atoms with Crippen molar-refractivity contribution in [2.24, 2.45) is 7.05 Å². The van der Waals surface area contributed by atoms with Crippen LogP contribution in [0.15, 0.2) is 23.5 Å². The number of H-pyrrole nitrogens is 1. The number of nitrogens with one attached hydrogen (secondary N) is 2. The van der Waals surface area contributed by atoms with Crippen molar-refractivity contribution in [1.82, 2.24) is 24.5 Å². The average Bonchev–Trinajstić information content (AvgIpc) is 2.98. The zero-order chi connectivity index (χ0) is 13.9. The van der Waals surface area contributed by atoms with Crippen molar-refractivity contribution in [3.8, 4) is 0 Å². The predicted octanol–water partition coefficient (Wildman–Crippen LogP) is -0.843. The molecule has 2 aromatic heterocycles. The molecule has 104 valence electrons. The number of aromatic nitrogens is 4. The second-order valence-electron chi connectivity index (χ2n) is 4.02. The second kappa shape index (κ2) is 5.51. The maximum atomic E-state index is 12.0. The van der Waals surface area contributed by atoms with Crippen molar-refractivity contribution in [3.05, 3.63) is 30.1 Å². The Morgan fingerprint density at radius 2 is 2.32 bits per heavy atom. The molecule has 0 unspecified atom stereocenters. The van der Waals surface area contributed by atoms with Gasteiger partial charge in [0.25, 0.3) is 0 Å². The molecule has 0 saturated heterocycles. The number of nitrogens with zero attached hydrogens (tertiary/aromatic N) is 3. The lowest BCUT2D eigenvalue weighted by molar-refractivity contribution is 0.272. The molecule has 0 aliphatic carbocycles. The standard InChI is InChI=1S/C10H15N5O3S/c1-15-5-9(4-8(15)6-16)19(17,18)13-3-2-10-11-7-12-14-10/h4-5,7,13,16H,2-3,6H2,1H3,(H,11,12,14). The summed E-state index contributed by atoms with van der Waals surface area (Å²) in [5.41, 5.74) is 0.538. The predicted molar refractivity (Wildman–Crippen MR) is 66.6 cm³/mol. The molecule has 2 aromatic rings. The number of aromatic amines is 1. The van der Waals surface area contributed by atoms with Crippen LogP contribution in [0.3, 0.4) is 0 Å². The van der Waals surface area contributed by atoms with Crippen LogP contribution in [-0.4, -0.2) is 39.8 Å². The van der Waals surface area contributed by atoms with Crippen LogP contribution in [-0.2, 0) is 30.1 Å². The lowest BCUT2D eigenvalue weighted by atomic mass is 10.4. The van der Waals surface area contributed by atoms with Gasteiger partial charge in [-0.15, -0.1) is 0 Å². The van der Waals surface area contributed by atoms with Crippen molar-refractivity contribution >= 4 is 10.0 Å². The van der Waals surface area contributed by atoms with Crippen molar-refractivity contribution in [3.63, 3.8) is 0 Å². The summed E-state index contributed by atoms with van der Waals surface area (Å²) in [5.74, 6) is 0.617. The molecule has 0 saturated carbocycles. The molecule has 2 rings (SSSR count). The van der Waals surface area contributed by atoms with Gasteiger partial charge in [0.15, 0.2) is 0 Å². The molecule has 0 aliphatic rings. The van der Waals surface area contributed by atoms with Gasteiger partial charge in [0, 0.05) is 31.9 Å². The van der Waals surface area contributed by atoms with Crippen LogP contribution in [0.2, 0.25) is 0 Å². The summed E-state index contributed by atoms with van der Waals surface area (Å²) >= 11 is 0. The minimum absolute atomic E-state index is 0.136. The van der Waals surface area contributed by atoms with Gasteiger partial charge in [0.1, 0.15) is 12.2 Å². The first-order chi connectivity index (χ1) is 9.03. The van der Waals surface area contributed by atoms with Gasteiger partial charge in [-0.25, -0.2) is 18.1 Å². The van der Waals surface area contributed by atoms with E-state index in [0.29, 0.717) is 17.9 Å². The summed E-state index contributed by atoms with van der Waals surface area (Å²) in [6, 6.07) is 1.44. The van der Waals surface area contributed by atoms with E-state index in [2.05, 4.69) is 19.9 Å². The first-order valence-corrected chi connectivity index (χ1v) is 7.11.